The number of amides is 4. The molecule has 0 fully saturated rings. The fourth-order valence-electron chi connectivity index (χ4n) is 5.82. The van der Waals surface area contributed by atoms with Crippen LogP contribution in [0.4, 0.5) is 22.7 Å². The van der Waals surface area contributed by atoms with Crippen molar-refractivity contribution in [1.82, 2.24) is 25.7 Å². The molecule has 0 spiro atoms. The predicted molar refractivity (Wildman–Crippen MR) is 221 cm³/mol. The summed E-state index contributed by atoms with van der Waals surface area (Å²) in [7, 11) is 2.35. The first-order valence-corrected chi connectivity index (χ1v) is 18.1. The number of aromatic nitrogens is 4. The smallest absolute Gasteiger partial charge is 0.339 e. The quantitative estimate of drug-likeness (QED) is 0.0522. The molecule has 0 aliphatic carbocycles. The molecule has 4 aromatic carbocycles. The molecule has 0 radical (unpaired) electrons. The van der Waals surface area contributed by atoms with E-state index in [9.17, 15) is 44.4 Å². The second-order valence-electron chi connectivity index (χ2n) is 13.0. The number of carboxylic acid groups (broad SMARTS) is 1. The Bertz CT molecular complexity index is 2670. The van der Waals surface area contributed by atoms with Crippen LogP contribution in [0.15, 0.2) is 102 Å². The van der Waals surface area contributed by atoms with Crippen LogP contribution in [0.1, 0.15) is 52.8 Å². The number of aromatic hydroxyl groups is 3. The Balaban J connectivity index is 1.10. The number of methoxy groups -OCH3 is 2. The number of nitrogens with two attached hydrogens (primary N) is 1. The number of phenols is 3. The molecule has 0 bridgehead atoms. The van der Waals surface area contributed by atoms with Crippen LogP contribution in [0.3, 0.4) is 0 Å². The summed E-state index contributed by atoms with van der Waals surface area (Å²) in [5, 5.41) is 60.5. The van der Waals surface area contributed by atoms with E-state index in [1.807, 2.05) is 0 Å². The average molecular weight is 845 g/mol. The Hall–Kier alpha value is -9.01. The maximum Gasteiger partial charge on any atom is 0.339 e. The van der Waals surface area contributed by atoms with Crippen molar-refractivity contribution in [3.8, 4) is 28.7 Å². The molecule has 21 heteroatoms. The van der Waals surface area contributed by atoms with Gasteiger partial charge in [0.1, 0.15) is 28.9 Å². The van der Waals surface area contributed by atoms with E-state index in [0.29, 0.717) is 16.9 Å². The number of aromatic amines is 1. The van der Waals surface area contributed by atoms with Crippen molar-refractivity contribution >= 4 is 58.2 Å². The number of hydrogen-bond donors (Lipinski definition) is 10. The van der Waals surface area contributed by atoms with Crippen molar-refractivity contribution in [1.29, 1.82) is 0 Å². The number of aliphatic imine (C=N–C) groups is 1. The molecular weight excluding hydrogens is 809 g/mol. The summed E-state index contributed by atoms with van der Waals surface area (Å²) in [5.74, 6) is -6.02. The van der Waals surface area contributed by atoms with E-state index in [4.69, 9.17) is 15.2 Å². The third-order valence-corrected chi connectivity index (χ3v) is 8.95. The van der Waals surface area contributed by atoms with Crippen molar-refractivity contribution in [2.75, 3.05) is 30.2 Å². The van der Waals surface area contributed by atoms with Crippen molar-refractivity contribution in [3.63, 3.8) is 0 Å². The monoisotopic (exact) mass is 844 g/mol. The van der Waals surface area contributed by atoms with Crippen LogP contribution in [-0.4, -0.2) is 96.5 Å². The lowest BCUT2D eigenvalue weighted by Gasteiger charge is -2.18. The first kappa shape index (κ1) is 42.6. The normalized spacial score (nSPS) is 11.5. The van der Waals surface area contributed by atoms with Gasteiger partial charge in [0.2, 0.25) is 5.91 Å². The van der Waals surface area contributed by atoms with Crippen molar-refractivity contribution in [2.45, 2.75) is 12.5 Å². The lowest BCUT2D eigenvalue weighted by Crippen LogP contribution is -2.45. The SMILES string of the molecule is COc1c(NC(=O)c2ccc(NC(=O)c3ccc(NC(=O)[C@H](Cc4cn[nH]n4)NC(=O)c4ccc(N=C(N)c5ccc(O)cc5)cc4)cn3)c(OC)c2O)ccc(C(=O)O)c1O. The van der Waals surface area contributed by atoms with E-state index in [0.717, 1.165) is 13.2 Å². The predicted octanol–water partition coefficient (Wildman–Crippen LogP) is 3.55. The fourth-order valence-corrected chi connectivity index (χ4v) is 5.82. The van der Waals surface area contributed by atoms with Crippen molar-refractivity contribution < 1.29 is 53.9 Å². The first-order chi connectivity index (χ1) is 29.8. The minimum atomic E-state index is -1.42. The van der Waals surface area contributed by atoms with Gasteiger partial charge in [-0.05, 0) is 84.9 Å². The van der Waals surface area contributed by atoms with Crippen LogP contribution < -0.4 is 36.5 Å². The number of pyridine rings is 1. The van der Waals surface area contributed by atoms with Gasteiger partial charge in [-0.2, -0.15) is 15.4 Å². The number of anilines is 3. The van der Waals surface area contributed by atoms with Gasteiger partial charge in [0.05, 0.1) is 60.6 Å². The summed E-state index contributed by atoms with van der Waals surface area (Å²) in [6.45, 7) is 0. The summed E-state index contributed by atoms with van der Waals surface area (Å²) in [4.78, 5) is 73.0. The molecule has 2 aromatic heterocycles. The number of carboxylic acids is 1. The highest BCUT2D eigenvalue weighted by Gasteiger charge is 2.26. The van der Waals surface area contributed by atoms with Gasteiger partial charge in [0.25, 0.3) is 17.7 Å². The van der Waals surface area contributed by atoms with Gasteiger partial charge in [-0.25, -0.2) is 14.8 Å². The molecule has 0 unspecified atom stereocenters. The van der Waals surface area contributed by atoms with Crippen molar-refractivity contribution in [3.05, 3.63) is 131 Å². The highest BCUT2D eigenvalue weighted by Crippen LogP contribution is 2.40. The number of nitrogens with one attached hydrogen (secondary N) is 5. The van der Waals surface area contributed by atoms with Gasteiger partial charge in [0.15, 0.2) is 23.0 Å². The van der Waals surface area contributed by atoms with E-state index in [1.54, 1.807) is 24.3 Å². The zero-order valence-corrected chi connectivity index (χ0v) is 32.5. The summed E-state index contributed by atoms with van der Waals surface area (Å²) >= 11 is 0. The Morgan fingerprint density at radius 2 is 1.34 bits per heavy atom. The lowest BCUT2D eigenvalue weighted by molar-refractivity contribution is -0.118. The van der Waals surface area contributed by atoms with Crippen LogP contribution >= 0.6 is 0 Å². The maximum atomic E-state index is 13.5. The number of rotatable bonds is 15. The number of phenolic OH excluding ortho intramolecular Hbond substituents is 2. The number of amidine groups is 1. The van der Waals surface area contributed by atoms with Gasteiger partial charge >= 0.3 is 5.97 Å². The van der Waals surface area contributed by atoms with Crippen LogP contribution in [0.2, 0.25) is 0 Å². The molecule has 6 rings (SSSR count). The largest absolute Gasteiger partial charge is 0.508 e. The summed E-state index contributed by atoms with van der Waals surface area (Å²) < 4.78 is 10.3. The Morgan fingerprint density at radius 1 is 0.726 bits per heavy atom. The molecule has 0 saturated heterocycles. The van der Waals surface area contributed by atoms with Gasteiger partial charge in [-0.15, -0.1) is 0 Å². The van der Waals surface area contributed by atoms with E-state index >= 15 is 0 Å². The second-order valence-corrected chi connectivity index (χ2v) is 13.0. The molecule has 0 aliphatic heterocycles. The minimum absolute atomic E-state index is 0.0413. The third-order valence-electron chi connectivity index (χ3n) is 8.95. The zero-order chi connectivity index (χ0) is 44.5. The Kier molecular flexibility index (Phi) is 12.9. The molecule has 0 saturated carbocycles. The van der Waals surface area contributed by atoms with Gasteiger partial charge in [-0.1, -0.05) is 0 Å². The number of carbonyl (C=O) groups excluding carboxylic acids is 4. The number of aromatic carboxylic acids is 1. The zero-order valence-electron chi connectivity index (χ0n) is 32.5. The third kappa shape index (κ3) is 9.81. The van der Waals surface area contributed by atoms with E-state index in [-0.39, 0.29) is 63.4 Å². The number of H-pyrrole nitrogens is 1. The van der Waals surface area contributed by atoms with Crippen LogP contribution in [0.25, 0.3) is 0 Å². The molecule has 21 nitrogen and oxygen atoms in total. The van der Waals surface area contributed by atoms with Crippen LogP contribution in [0, 0.1) is 0 Å². The molecule has 4 amide bonds. The molecule has 1 atom stereocenters. The lowest BCUT2D eigenvalue weighted by atomic mass is 10.1. The Morgan fingerprint density at radius 3 is 1.92 bits per heavy atom. The number of carbonyl (C=O) groups is 5. The Labute approximate surface area is 350 Å². The molecule has 62 heavy (non-hydrogen) atoms. The van der Waals surface area contributed by atoms with E-state index in [1.165, 1.54) is 74.1 Å². The van der Waals surface area contributed by atoms with E-state index < -0.39 is 52.7 Å². The van der Waals surface area contributed by atoms with E-state index in [2.05, 4.69) is 46.7 Å². The van der Waals surface area contributed by atoms with Crippen LogP contribution in [-0.2, 0) is 11.2 Å². The molecule has 2 heterocycles. The number of benzene rings is 4. The highest BCUT2D eigenvalue weighted by atomic mass is 16.5. The maximum absolute atomic E-state index is 13.5. The molecule has 11 N–H and O–H groups in total. The second kappa shape index (κ2) is 18.7. The minimum Gasteiger partial charge on any atom is -0.508 e. The summed E-state index contributed by atoms with van der Waals surface area (Å²) in [5.41, 5.74) is 6.88. The number of hydrogen-bond acceptors (Lipinski definition) is 14. The topological polar surface area (TPSA) is 326 Å². The summed E-state index contributed by atoms with van der Waals surface area (Å²) in [6, 6.07) is 18.6. The van der Waals surface area contributed by atoms with Gasteiger partial charge in [-0.3, -0.25) is 19.2 Å². The number of nitrogens with zero attached hydrogens (tertiary/aromatic N) is 4. The molecule has 0 aliphatic rings. The average Bonchev–Trinajstić information content (AvgIpc) is 3.77. The van der Waals surface area contributed by atoms with Crippen LogP contribution in [0.5, 0.6) is 28.7 Å². The van der Waals surface area contributed by atoms with Gasteiger partial charge < -0.3 is 56.9 Å². The van der Waals surface area contributed by atoms with Gasteiger partial charge in [0, 0.05) is 17.5 Å². The molecular formula is C41H36N10O11. The fraction of sp³-hybridized carbons (Fsp3) is 0.0976. The highest BCUT2D eigenvalue weighted by molar-refractivity contribution is 6.10. The number of ether oxygens (including phenoxy) is 2. The standard InChI is InChI=1S/C41H36N10O11/c1-61-34-29(15-12-26(32(34)53)38(56)47-28-16-13-27(41(59)60)33(54)35(28)62-2)48-39(57)30-14-9-23(18-43-30)46-40(58)31(17-24-19-44-51-50-24)49-37(55)21-3-7-22(8-4-21)45-36(42)20-5-10-25(52)11-6-20/h3-16,18-19,31,52-54H,17H2,1-2H3,(H2,42,45)(H,46,58)(H,47,56)(H,48,57)(H,49,55)(H,59,60)(H,44,50,51)/t31-/m0/s1. The first-order valence-electron chi connectivity index (χ1n) is 18.1. The molecule has 316 valence electrons. The summed E-state index contributed by atoms with van der Waals surface area (Å²) in [6.07, 6.45) is 2.57. The molecule has 6 aromatic rings. The van der Waals surface area contributed by atoms with Crippen molar-refractivity contribution in [2.24, 2.45) is 10.7 Å².